The van der Waals surface area contributed by atoms with Gasteiger partial charge in [-0.25, -0.2) is 0 Å². The molecule has 0 aliphatic rings. The second kappa shape index (κ2) is 3.65. The van der Waals surface area contributed by atoms with E-state index >= 15 is 0 Å². The summed E-state index contributed by atoms with van der Waals surface area (Å²) in [4.78, 5) is 28.5. The molecule has 0 unspecified atom stereocenters. The minimum atomic E-state index is -4.65. The lowest BCUT2D eigenvalue weighted by molar-refractivity contribution is 0.104. The van der Waals surface area contributed by atoms with E-state index in [-0.39, 0.29) is 5.56 Å². The number of carbonyl (C=O) groups is 1. The first-order valence-electron chi connectivity index (χ1n) is 4.00. The van der Waals surface area contributed by atoms with Crippen molar-refractivity contribution in [2.45, 2.75) is 13.8 Å². The van der Waals surface area contributed by atoms with Crippen LogP contribution in [0.2, 0.25) is 0 Å². The summed E-state index contributed by atoms with van der Waals surface area (Å²) < 4.78 is 10.7. The largest absolute Gasteiger partial charge is 0.396 e. The molecule has 4 nitrogen and oxygen atoms in total. The molecule has 14 heavy (non-hydrogen) atoms. The van der Waals surface area contributed by atoms with Crippen molar-refractivity contribution in [1.82, 2.24) is 0 Å². The Kier molecular flexibility index (Phi) is 2.90. The molecule has 0 spiro atoms. The Bertz CT molecular complexity index is 419. The summed E-state index contributed by atoms with van der Waals surface area (Å²) in [6.07, 6.45) is 0. The Hall–Kier alpha value is -0.960. The number of hydrogen-bond acceptors (Lipinski definition) is 2. The van der Waals surface area contributed by atoms with Crippen LogP contribution in [0.4, 0.5) is 0 Å². The average Bonchev–Trinajstić information content (AvgIpc) is 2.07. The van der Waals surface area contributed by atoms with Crippen LogP contribution < -0.4 is 0 Å². The summed E-state index contributed by atoms with van der Waals surface area (Å²) in [7, 11) is -4.65. The zero-order valence-electron chi connectivity index (χ0n) is 7.89. The van der Waals surface area contributed by atoms with E-state index in [4.69, 9.17) is 9.79 Å². The molecule has 0 fully saturated rings. The molecule has 0 amide bonds. The molecule has 2 N–H and O–H groups in total. The lowest BCUT2D eigenvalue weighted by atomic mass is 10.1. The normalized spacial score (nSPS) is 11.4. The van der Waals surface area contributed by atoms with Gasteiger partial charge in [0.2, 0.25) is 0 Å². The predicted molar refractivity (Wildman–Crippen MR) is 52.3 cm³/mol. The van der Waals surface area contributed by atoms with E-state index in [9.17, 15) is 9.36 Å². The van der Waals surface area contributed by atoms with Crippen LogP contribution in [0, 0.1) is 13.8 Å². The van der Waals surface area contributed by atoms with Crippen molar-refractivity contribution in [3.8, 4) is 0 Å². The van der Waals surface area contributed by atoms with Gasteiger partial charge in [0, 0.05) is 5.56 Å². The van der Waals surface area contributed by atoms with Gasteiger partial charge in [0.15, 0.2) is 0 Å². The number of rotatable bonds is 2. The maximum absolute atomic E-state index is 11.2. The van der Waals surface area contributed by atoms with E-state index in [0.717, 1.165) is 11.1 Å². The second-order valence-corrected chi connectivity index (χ2v) is 4.64. The summed E-state index contributed by atoms with van der Waals surface area (Å²) in [6, 6.07) is 4.57. The molecular weight excluding hydrogens is 203 g/mol. The third-order valence-corrected chi connectivity index (χ3v) is 2.81. The van der Waals surface area contributed by atoms with E-state index < -0.39 is 13.1 Å². The highest BCUT2D eigenvalue weighted by molar-refractivity contribution is 7.70. The lowest BCUT2D eigenvalue weighted by Crippen LogP contribution is -2.00. The van der Waals surface area contributed by atoms with Crippen LogP contribution in [-0.2, 0) is 4.57 Å². The van der Waals surface area contributed by atoms with E-state index in [1.165, 1.54) is 12.1 Å². The van der Waals surface area contributed by atoms with Crippen molar-refractivity contribution in [1.29, 1.82) is 0 Å². The first kappa shape index (κ1) is 11.1. The van der Waals surface area contributed by atoms with Crippen LogP contribution >= 0.6 is 7.60 Å². The van der Waals surface area contributed by atoms with Crippen molar-refractivity contribution in [3.63, 3.8) is 0 Å². The first-order valence-corrected chi connectivity index (χ1v) is 5.61. The van der Waals surface area contributed by atoms with Crippen LogP contribution in [0.15, 0.2) is 18.2 Å². The van der Waals surface area contributed by atoms with Crippen LogP contribution in [0.1, 0.15) is 21.5 Å². The van der Waals surface area contributed by atoms with Gasteiger partial charge >= 0.3 is 7.60 Å². The topological polar surface area (TPSA) is 74.6 Å². The highest BCUT2D eigenvalue weighted by Crippen LogP contribution is 2.39. The summed E-state index contributed by atoms with van der Waals surface area (Å²) in [5.41, 5.74) is 0.749. The predicted octanol–water partition coefficient (Wildman–Crippen LogP) is 1.62. The SMILES string of the molecule is Cc1ccc(C(=O)P(=O)(O)O)cc1C. The molecule has 0 aliphatic carbocycles. The smallest absolute Gasteiger partial charge is 0.319 e. The van der Waals surface area contributed by atoms with Crippen molar-refractivity contribution in [2.75, 3.05) is 0 Å². The van der Waals surface area contributed by atoms with Gasteiger partial charge in [-0.3, -0.25) is 9.36 Å². The van der Waals surface area contributed by atoms with Crippen LogP contribution in [0.5, 0.6) is 0 Å². The summed E-state index contributed by atoms with van der Waals surface area (Å²) in [5.74, 6) is 0. The monoisotopic (exact) mass is 214 g/mol. The molecule has 0 saturated carbocycles. The lowest BCUT2D eigenvalue weighted by Gasteiger charge is -2.05. The van der Waals surface area contributed by atoms with Gasteiger partial charge in [-0.15, -0.1) is 0 Å². The number of benzene rings is 1. The maximum Gasteiger partial charge on any atom is 0.396 e. The van der Waals surface area contributed by atoms with E-state index in [1.807, 2.05) is 6.92 Å². The molecular formula is C9H11O4P. The molecule has 1 rings (SSSR count). The zero-order chi connectivity index (χ0) is 10.9. The molecule has 0 atom stereocenters. The van der Waals surface area contributed by atoms with Gasteiger partial charge in [0.25, 0.3) is 5.52 Å². The van der Waals surface area contributed by atoms with Gasteiger partial charge in [0.1, 0.15) is 0 Å². The second-order valence-electron chi connectivity index (χ2n) is 3.15. The van der Waals surface area contributed by atoms with Crippen molar-refractivity contribution in [3.05, 3.63) is 34.9 Å². The highest BCUT2D eigenvalue weighted by atomic mass is 31.2. The van der Waals surface area contributed by atoms with Gasteiger partial charge < -0.3 is 9.79 Å². The molecule has 76 valence electrons. The highest BCUT2D eigenvalue weighted by Gasteiger charge is 2.27. The van der Waals surface area contributed by atoms with E-state index in [1.54, 1.807) is 13.0 Å². The third kappa shape index (κ3) is 2.29. The van der Waals surface area contributed by atoms with E-state index in [2.05, 4.69) is 0 Å². The number of aryl methyl sites for hydroxylation is 2. The maximum atomic E-state index is 11.2. The first-order chi connectivity index (χ1) is 6.32. The fraction of sp³-hybridized carbons (Fsp3) is 0.222. The van der Waals surface area contributed by atoms with Crippen molar-refractivity contribution >= 4 is 13.1 Å². The standard InChI is InChI=1S/C9H11O4P/c1-6-3-4-8(5-7(6)2)9(10)14(11,12)13/h3-5H,1-2H3,(H2,11,12,13). The molecule has 5 heteroatoms. The summed E-state index contributed by atoms with van der Waals surface area (Å²) >= 11 is 0. The van der Waals surface area contributed by atoms with Crippen LogP contribution in [0.3, 0.4) is 0 Å². The number of hydrogen-bond donors (Lipinski definition) is 2. The Morgan fingerprint density at radius 2 is 1.79 bits per heavy atom. The zero-order valence-corrected chi connectivity index (χ0v) is 8.78. The third-order valence-electron chi connectivity index (χ3n) is 2.02. The van der Waals surface area contributed by atoms with E-state index in [0.29, 0.717) is 0 Å². The fourth-order valence-electron chi connectivity index (χ4n) is 1.04. The Morgan fingerprint density at radius 1 is 1.21 bits per heavy atom. The minimum Gasteiger partial charge on any atom is -0.319 e. The molecule has 0 aliphatic heterocycles. The molecule has 0 heterocycles. The van der Waals surface area contributed by atoms with Gasteiger partial charge in [0.05, 0.1) is 0 Å². The molecule has 1 aromatic rings. The molecule has 1 aromatic carbocycles. The van der Waals surface area contributed by atoms with Crippen molar-refractivity contribution < 1.29 is 19.1 Å². The quantitative estimate of drug-likeness (QED) is 0.733. The fourth-order valence-corrected chi connectivity index (χ4v) is 1.52. The molecule has 0 aromatic heterocycles. The van der Waals surface area contributed by atoms with Crippen LogP contribution in [0.25, 0.3) is 0 Å². The van der Waals surface area contributed by atoms with Crippen molar-refractivity contribution in [2.24, 2.45) is 0 Å². The molecule has 0 bridgehead atoms. The Balaban J connectivity index is 3.16. The number of carbonyl (C=O) groups excluding carboxylic acids is 1. The van der Waals surface area contributed by atoms with Gasteiger partial charge in [-0.05, 0) is 31.0 Å². The minimum absolute atomic E-state index is 0.0569. The summed E-state index contributed by atoms with van der Waals surface area (Å²) in [6.45, 7) is 3.65. The van der Waals surface area contributed by atoms with Gasteiger partial charge in [-0.2, -0.15) is 0 Å². The Morgan fingerprint density at radius 3 is 2.21 bits per heavy atom. The molecule has 0 radical (unpaired) electrons. The van der Waals surface area contributed by atoms with Crippen LogP contribution in [-0.4, -0.2) is 15.3 Å². The van der Waals surface area contributed by atoms with Gasteiger partial charge in [-0.1, -0.05) is 12.1 Å². The molecule has 0 saturated heterocycles. The summed E-state index contributed by atoms with van der Waals surface area (Å²) in [5, 5.41) is 0. The average molecular weight is 214 g/mol. The Labute approximate surface area is 81.7 Å².